The summed E-state index contributed by atoms with van der Waals surface area (Å²) in [6, 6.07) is 17.0. The molecule has 2 N–H and O–H groups in total. The maximum Gasteiger partial charge on any atom is 0.261 e. The minimum atomic E-state index is -3.85. The van der Waals surface area contributed by atoms with Crippen molar-refractivity contribution >= 4 is 33.1 Å². The summed E-state index contributed by atoms with van der Waals surface area (Å²) >= 11 is 0. The first-order chi connectivity index (χ1) is 13.8. The summed E-state index contributed by atoms with van der Waals surface area (Å²) in [5, 5.41) is 2.45. The molecule has 0 fully saturated rings. The average molecular weight is 412 g/mol. The molecule has 1 amide bonds. The quantitative estimate of drug-likeness (QED) is 0.597. The van der Waals surface area contributed by atoms with Crippen LogP contribution in [-0.4, -0.2) is 20.1 Å². The van der Waals surface area contributed by atoms with Crippen LogP contribution in [0.3, 0.4) is 0 Å². The molecule has 0 aliphatic carbocycles. The van der Waals surface area contributed by atoms with E-state index >= 15 is 0 Å². The topological polar surface area (TPSA) is 92.3 Å². The highest BCUT2D eigenvalue weighted by Gasteiger charge is 2.15. The van der Waals surface area contributed by atoms with Crippen molar-refractivity contribution < 1.29 is 22.4 Å². The zero-order chi connectivity index (χ0) is 21.0. The summed E-state index contributed by atoms with van der Waals surface area (Å²) in [5.41, 5.74) is 0.954. The number of halogens is 1. The van der Waals surface area contributed by atoms with Crippen LogP contribution >= 0.6 is 0 Å². The molecular formula is C21H17FN2O4S. The highest BCUT2D eigenvalue weighted by atomic mass is 32.2. The second-order valence-electron chi connectivity index (χ2n) is 6.20. The fraction of sp³-hybridized carbons (Fsp3) is 0.0476. The van der Waals surface area contributed by atoms with E-state index in [1.165, 1.54) is 73.7 Å². The maximum atomic E-state index is 13.6. The van der Waals surface area contributed by atoms with Crippen molar-refractivity contribution in [2.75, 3.05) is 10.0 Å². The van der Waals surface area contributed by atoms with E-state index in [0.29, 0.717) is 5.56 Å². The number of amides is 1. The predicted octanol–water partition coefficient (Wildman–Crippen LogP) is 4.08. The molecule has 0 aromatic heterocycles. The Bertz CT molecular complexity index is 1160. The smallest absolute Gasteiger partial charge is 0.261 e. The fourth-order valence-corrected chi connectivity index (χ4v) is 3.59. The van der Waals surface area contributed by atoms with Crippen molar-refractivity contribution in [2.45, 2.75) is 11.8 Å². The lowest BCUT2D eigenvalue weighted by atomic mass is 10.2. The molecule has 8 heteroatoms. The second kappa shape index (κ2) is 8.24. The summed E-state index contributed by atoms with van der Waals surface area (Å²) in [6.45, 7) is 1.39. The van der Waals surface area contributed by atoms with Crippen LogP contribution in [0.5, 0.6) is 0 Å². The average Bonchev–Trinajstić information content (AvgIpc) is 2.70. The van der Waals surface area contributed by atoms with Gasteiger partial charge >= 0.3 is 0 Å². The molecule has 0 heterocycles. The summed E-state index contributed by atoms with van der Waals surface area (Å²) in [4.78, 5) is 23.5. The van der Waals surface area contributed by atoms with Crippen molar-refractivity contribution in [2.24, 2.45) is 0 Å². The van der Waals surface area contributed by atoms with Crippen molar-refractivity contribution in [3.8, 4) is 0 Å². The molecule has 3 aromatic carbocycles. The molecule has 0 spiro atoms. The number of anilines is 2. The normalized spacial score (nSPS) is 11.0. The van der Waals surface area contributed by atoms with Gasteiger partial charge in [0.1, 0.15) is 5.82 Å². The van der Waals surface area contributed by atoms with Gasteiger partial charge < -0.3 is 5.32 Å². The van der Waals surface area contributed by atoms with Gasteiger partial charge in [0.05, 0.1) is 10.6 Å². The van der Waals surface area contributed by atoms with Crippen LogP contribution in [0.4, 0.5) is 15.8 Å². The zero-order valence-corrected chi connectivity index (χ0v) is 16.2. The van der Waals surface area contributed by atoms with E-state index in [2.05, 4.69) is 10.0 Å². The van der Waals surface area contributed by atoms with Gasteiger partial charge in [-0.15, -0.1) is 0 Å². The Kier molecular flexibility index (Phi) is 5.74. The van der Waals surface area contributed by atoms with Crippen LogP contribution in [0.25, 0.3) is 0 Å². The minimum absolute atomic E-state index is 0.00359. The van der Waals surface area contributed by atoms with E-state index in [9.17, 15) is 22.4 Å². The van der Waals surface area contributed by atoms with Gasteiger partial charge in [0.25, 0.3) is 15.9 Å². The third-order valence-corrected chi connectivity index (χ3v) is 5.49. The lowest BCUT2D eigenvalue weighted by molar-refractivity contribution is 0.101. The van der Waals surface area contributed by atoms with Crippen LogP contribution in [0.15, 0.2) is 77.7 Å². The fourth-order valence-electron chi connectivity index (χ4n) is 2.53. The van der Waals surface area contributed by atoms with Crippen LogP contribution in [0, 0.1) is 5.82 Å². The second-order valence-corrected chi connectivity index (χ2v) is 7.88. The number of hydrogen-bond donors (Lipinski definition) is 2. The zero-order valence-electron chi connectivity index (χ0n) is 15.3. The lowest BCUT2D eigenvalue weighted by Crippen LogP contribution is -2.14. The predicted molar refractivity (Wildman–Crippen MR) is 108 cm³/mol. The Morgan fingerprint density at radius 1 is 0.828 bits per heavy atom. The van der Waals surface area contributed by atoms with Crippen LogP contribution < -0.4 is 10.0 Å². The Labute approximate surface area is 167 Å². The van der Waals surface area contributed by atoms with Gasteiger partial charge in [-0.25, -0.2) is 12.8 Å². The number of rotatable bonds is 6. The number of ketones is 1. The largest absolute Gasteiger partial charge is 0.319 e. The van der Waals surface area contributed by atoms with Crippen LogP contribution in [0.2, 0.25) is 0 Å². The van der Waals surface area contributed by atoms with Crippen molar-refractivity contribution in [3.63, 3.8) is 0 Å². The van der Waals surface area contributed by atoms with E-state index in [0.717, 1.165) is 0 Å². The molecular weight excluding hydrogens is 395 g/mol. The molecule has 0 radical (unpaired) electrons. The Morgan fingerprint density at radius 2 is 1.41 bits per heavy atom. The number of benzene rings is 3. The summed E-state index contributed by atoms with van der Waals surface area (Å²) in [6.07, 6.45) is 0. The molecule has 29 heavy (non-hydrogen) atoms. The molecule has 148 valence electrons. The van der Waals surface area contributed by atoms with Crippen molar-refractivity contribution in [3.05, 3.63) is 89.7 Å². The van der Waals surface area contributed by atoms with Gasteiger partial charge in [-0.05, 0) is 55.5 Å². The van der Waals surface area contributed by atoms with E-state index in [-0.39, 0.29) is 27.6 Å². The number of hydrogen-bond acceptors (Lipinski definition) is 4. The Balaban J connectivity index is 1.72. The lowest BCUT2D eigenvalue weighted by Gasteiger charge is -2.10. The Hall–Kier alpha value is -3.52. The number of carbonyl (C=O) groups excluding carboxylic acids is 2. The van der Waals surface area contributed by atoms with Crippen molar-refractivity contribution in [1.82, 2.24) is 0 Å². The number of sulfonamides is 1. The molecule has 0 unspecified atom stereocenters. The molecule has 0 aliphatic heterocycles. The van der Waals surface area contributed by atoms with Gasteiger partial charge in [0.15, 0.2) is 5.78 Å². The van der Waals surface area contributed by atoms with Gasteiger partial charge in [-0.1, -0.05) is 24.3 Å². The monoisotopic (exact) mass is 412 g/mol. The highest BCUT2D eigenvalue weighted by Crippen LogP contribution is 2.19. The van der Waals surface area contributed by atoms with Gasteiger partial charge in [-0.2, -0.15) is 0 Å². The minimum Gasteiger partial charge on any atom is -0.319 e. The van der Waals surface area contributed by atoms with Crippen molar-refractivity contribution in [1.29, 1.82) is 0 Å². The molecule has 0 saturated heterocycles. The van der Waals surface area contributed by atoms with Gasteiger partial charge in [0.2, 0.25) is 0 Å². The third-order valence-electron chi connectivity index (χ3n) is 4.09. The first-order valence-electron chi connectivity index (χ1n) is 8.56. The highest BCUT2D eigenvalue weighted by molar-refractivity contribution is 7.92. The molecule has 0 atom stereocenters. The Morgan fingerprint density at radius 3 is 2.00 bits per heavy atom. The molecule has 6 nitrogen and oxygen atoms in total. The summed E-state index contributed by atoms with van der Waals surface area (Å²) < 4.78 is 41.0. The molecule has 3 aromatic rings. The van der Waals surface area contributed by atoms with E-state index in [4.69, 9.17) is 0 Å². The first-order valence-corrected chi connectivity index (χ1v) is 10.0. The van der Waals surface area contributed by atoms with Gasteiger partial charge in [0, 0.05) is 16.8 Å². The standard InChI is InChI=1S/C21H17FN2O4S/c1-14(25)15-8-12-18(13-9-15)29(27,28)24-17-10-6-16(7-11-17)21(26)23-20-5-3-2-4-19(20)22/h2-13,24H,1H3,(H,23,26). The van der Waals surface area contributed by atoms with Crippen LogP contribution in [0.1, 0.15) is 27.6 Å². The summed E-state index contributed by atoms with van der Waals surface area (Å²) in [5.74, 6) is -1.24. The number of carbonyl (C=O) groups is 2. The van der Waals surface area contributed by atoms with E-state index < -0.39 is 21.7 Å². The number of para-hydroxylation sites is 1. The van der Waals surface area contributed by atoms with Crippen LogP contribution in [-0.2, 0) is 10.0 Å². The number of Topliss-reactive ketones (excluding diaryl/α,β-unsaturated/α-hetero) is 1. The SMILES string of the molecule is CC(=O)c1ccc(S(=O)(=O)Nc2ccc(C(=O)Nc3ccccc3F)cc2)cc1. The molecule has 0 saturated carbocycles. The first kappa shape index (κ1) is 20.2. The maximum absolute atomic E-state index is 13.6. The molecule has 3 rings (SSSR count). The summed E-state index contributed by atoms with van der Waals surface area (Å²) in [7, 11) is -3.85. The molecule has 0 bridgehead atoms. The third kappa shape index (κ3) is 4.85. The van der Waals surface area contributed by atoms with E-state index in [1.807, 2.05) is 0 Å². The van der Waals surface area contributed by atoms with Gasteiger partial charge in [-0.3, -0.25) is 14.3 Å². The molecule has 0 aliphatic rings. The number of nitrogens with one attached hydrogen (secondary N) is 2. The van der Waals surface area contributed by atoms with E-state index in [1.54, 1.807) is 6.07 Å².